The van der Waals surface area contributed by atoms with Crippen LogP contribution in [0, 0.1) is 0 Å². The van der Waals surface area contributed by atoms with E-state index in [1.54, 1.807) is 6.66 Å². The van der Waals surface area contributed by atoms with Gasteiger partial charge in [0.05, 0.1) is 0 Å². The average Bonchev–Trinajstić information content (AvgIpc) is 2.60. The minimum absolute atomic E-state index is 0. The van der Waals surface area contributed by atoms with E-state index in [9.17, 15) is 0 Å². The van der Waals surface area contributed by atoms with Crippen LogP contribution in [0.3, 0.4) is 0 Å². The van der Waals surface area contributed by atoms with E-state index >= 15 is 0 Å². The van der Waals surface area contributed by atoms with Gasteiger partial charge in [0.1, 0.15) is 0 Å². The van der Waals surface area contributed by atoms with E-state index in [1.165, 1.54) is 12.8 Å². The summed E-state index contributed by atoms with van der Waals surface area (Å²) in [6.07, 6.45) is 16.1. The maximum atomic E-state index is 2.32. The third kappa shape index (κ3) is 4.22. The number of allylic oxidation sites excluding steroid dienone is 8. The second-order valence-electron chi connectivity index (χ2n) is 2.77. The normalized spacial score (nSPS) is 17.2. The van der Waals surface area contributed by atoms with Gasteiger partial charge >= 0.3 is 78.9 Å². The molecular weight excluding hydrogens is 458 g/mol. The second-order valence-corrected chi connectivity index (χ2v) is 8.29. The first-order valence-corrected chi connectivity index (χ1v) is 7.53. The standard InChI is InChI=1S/2C5H5.2BrH.Hf/c2*1-2-4-5-3-1;;;/h2*1-3H,4H2;2*1H;. The molecule has 0 nitrogen and oxygen atoms in total. The summed E-state index contributed by atoms with van der Waals surface area (Å²) in [6.45, 7) is 0. The van der Waals surface area contributed by atoms with Crippen molar-refractivity contribution in [3.8, 4) is 0 Å². The van der Waals surface area contributed by atoms with Gasteiger partial charge in [0.15, 0.2) is 0 Å². The Kier molecular flexibility index (Phi) is 7.56. The zero-order valence-corrected chi connectivity index (χ0v) is 14.2. The van der Waals surface area contributed by atoms with Gasteiger partial charge in [0.2, 0.25) is 0 Å². The SMILES string of the molecule is Br.Br.C1=CC[C]([Hf][C]2=CC=CC2)=C1. The Labute approximate surface area is 112 Å². The molecule has 13 heavy (non-hydrogen) atoms. The fourth-order valence-corrected chi connectivity index (χ4v) is 5.64. The second kappa shape index (κ2) is 7.13. The molecule has 0 heterocycles. The molecule has 0 atom stereocenters. The van der Waals surface area contributed by atoms with Gasteiger partial charge in [-0.2, -0.15) is 0 Å². The molecule has 0 aromatic rings. The van der Waals surface area contributed by atoms with Crippen molar-refractivity contribution in [1.29, 1.82) is 0 Å². The van der Waals surface area contributed by atoms with Crippen LogP contribution in [0.15, 0.2) is 43.1 Å². The molecule has 3 heteroatoms. The Morgan fingerprint density at radius 2 is 1.31 bits per heavy atom. The predicted molar refractivity (Wildman–Crippen MR) is 64.3 cm³/mol. The van der Waals surface area contributed by atoms with Gasteiger partial charge in [-0.1, -0.05) is 0 Å². The van der Waals surface area contributed by atoms with Gasteiger partial charge < -0.3 is 0 Å². The molecular formula is C10H12Br2Hf. The van der Waals surface area contributed by atoms with Crippen molar-refractivity contribution in [1.82, 2.24) is 0 Å². The number of halogens is 2. The third-order valence-corrected chi connectivity index (χ3v) is 6.84. The molecule has 0 aromatic heterocycles. The molecule has 2 rings (SSSR count). The number of rotatable bonds is 2. The van der Waals surface area contributed by atoms with Crippen molar-refractivity contribution < 1.29 is 22.9 Å². The summed E-state index contributed by atoms with van der Waals surface area (Å²) >= 11 is -0.526. The fourth-order valence-electron chi connectivity index (χ4n) is 1.29. The van der Waals surface area contributed by atoms with Crippen LogP contribution in [-0.4, -0.2) is 0 Å². The van der Waals surface area contributed by atoms with Gasteiger partial charge in [-0.3, -0.25) is 0 Å². The van der Waals surface area contributed by atoms with Crippen LogP contribution in [-0.2, 0) is 22.9 Å². The Hall–Kier alpha value is 0.790. The summed E-state index contributed by atoms with van der Waals surface area (Å²) in [7, 11) is 0. The molecule has 2 aliphatic carbocycles. The monoisotopic (exact) mass is 470 g/mol. The van der Waals surface area contributed by atoms with Crippen LogP contribution < -0.4 is 0 Å². The molecule has 0 bridgehead atoms. The van der Waals surface area contributed by atoms with Crippen molar-refractivity contribution >= 4 is 34.0 Å². The molecule has 0 unspecified atom stereocenters. The Morgan fingerprint density at radius 1 is 0.846 bits per heavy atom. The molecule has 0 spiro atoms. The van der Waals surface area contributed by atoms with Crippen LogP contribution in [0.1, 0.15) is 12.8 Å². The zero-order valence-electron chi connectivity index (χ0n) is 7.19. The van der Waals surface area contributed by atoms with Crippen LogP contribution in [0.4, 0.5) is 0 Å². The van der Waals surface area contributed by atoms with E-state index in [1.807, 2.05) is 0 Å². The topological polar surface area (TPSA) is 0 Å². The van der Waals surface area contributed by atoms with Gasteiger partial charge in [0.25, 0.3) is 0 Å². The molecule has 0 N–H and O–H groups in total. The van der Waals surface area contributed by atoms with E-state index in [0.29, 0.717) is 0 Å². The van der Waals surface area contributed by atoms with Gasteiger partial charge in [-0.25, -0.2) is 0 Å². The molecule has 0 aliphatic heterocycles. The van der Waals surface area contributed by atoms with E-state index in [-0.39, 0.29) is 34.0 Å². The van der Waals surface area contributed by atoms with Gasteiger partial charge in [0, 0.05) is 0 Å². The van der Waals surface area contributed by atoms with E-state index in [4.69, 9.17) is 0 Å². The summed E-state index contributed by atoms with van der Waals surface area (Å²) in [4.78, 5) is 0. The van der Waals surface area contributed by atoms with Crippen molar-refractivity contribution in [3.05, 3.63) is 43.1 Å². The van der Waals surface area contributed by atoms with Crippen LogP contribution in [0.2, 0.25) is 0 Å². The first kappa shape index (κ1) is 13.8. The number of hydrogen-bond acceptors (Lipinski definition) is 0. The molecule has 0 amide bonds. The predicted octanol–water partition coefficient (Wildman–Crippen LogP) is 3.91. The van der Waals surface area contributed by atoms with E-state index < -0.39 is 22.9 Å². The van der Waals surface area contributed by atoms with Crippen molar-refractivity contribution in [2.75, 3.05) is 0 Å². The van der Waals surface area contributed by atoms with Crippen molar-refractivity contribution in [2.45, 2.75) is 12.8 Å². The first-order valence-electron chi connectivity index (χ1n) is 3.93. The minimum atomic E-state index is -0.526. The number of hydrogen-bond donors (Lipinski definition) is 0. The summed E-state index contributed by atoms with van der Waals surface area (Å²) in [5.41, 5.74) is 0. The average molecular weight is 471 g/mol. The molecule has 2 aliphatic rings. The third-order valence-electron chi connectivity index (χ3n) is 1.86. The van der Waals surface area contributed by atoms with Crippen molar-refractivity contribution in [2.24, 2.45) is 0 Å². The maximum absolute atomic E-state index is 2.32. The van der Waals surface area contributed by atoms with Crippen molar-refractivity contribution in [3.63, 3.8) is 0 Å². The molecule has 0 fully saturated rings. The molecule has 0 radical (unpaired) electrons. The summed E-state index contributed by atoms with van der Waals surface area (Å²) in [5.74, 6) is 0. The molecule has 0 saturated carbocycles. The van der Waals surface area contributed by atoms with Gasteiger partial charge in [-0.05, 0) is 0 Å². The zero-order chi connectivity index (χ0) is 7.52. The Bertz CT molecular complexity index is 247. The molecule has 0 aromatic carbocycles. The van der Waals surface area contributed by atoms with E-state index in [0.717, 1.165) is 0 Å². The molecule has 70 valence electrons. The summed E-state index contributed by atoms with van der Waals surface area (Å²) in [5, 5.41) is 0. The van der Waals surface area contributed by atoms with Gasteiger partial charge in [-0.15, -0.1) is 34.0 Å². The van der Waals surface area contributed by atoms with Crippen LogP contribution in [0.5, 0.6) is 0 Å². The van der Waals surface area contributed by atoms with Crippen LogP contribution >= 0.6 is 34.0 Å². The van der Waals surface area contributed by atoms with Crippen LogP contribution in [0.25, 0.3) is 0 Å². The molecule has 0 saturated heterocycles. The first-order chi connectivity index (χ1) is 5.45. The summed E-state index contributed by atoms with van der Waals surface area (Å²) < 4.78 is 3.50. The Balaban J connectivity index is 0.000000720. The summed E-state index contributed by atoms with van der Waals surface area (Å²) in [6, 6.07) is 0. The fraction of sp³-hybridized carbons (Fsp3) is 0.200. The quantitative estimate of drug-likeness (QED) is 0.537. The Morgan fingerprint density at radius 3 is 1.62 bits per heavy atom. The van der Waals surface area contributed by atoms with E-state index in [2.05, 4.69) is 36.5 Å².